The van der Waals surface area contributed by atoms with Crippen molar-refractivity contribution in [2.45, 2.75) is 19.5 Å². The summed E-state index contributed by atoms with van der Waals surface area (Å²) >= 11 is 1.81. The Bertz CT molecular complexity index is 635. The molecule has 2 aromatic rings. The van der Waals surface area contributed by atoms with Gasteiger partial charge in [0, 0.05) is 50.0 Å². The van der Waals surface area contributed by atoms with Gasteiger partial charge < -0.3 is 19.9 Å². The zero-order chi connectivity index (χ0) is 18.0. The fourth-order valence-electron chi connectivity index (χ4n) is 3.10. The van der Waals surface area contributed by atoms with E-state index in [0.29, 0.717) is 6.04 Å². The van der Waals surface area contributed by atoms with Crippen molar-refractivity contribution in [3.63, 3.8) is 0 Å². The SMILES string of the molecule is CCNC(=NCC(c1cccs1)N1CCOCC1)NCCn1cccc1. The maximum Gasteiger partial charge on any atom is 0.191 e. The van der Waals surface area contributed by atoms with Crippen molar-refractivity contribution in [3.8, 4) is 0 Å². The van der Waals surface area contributed by atoms with Gasteiger partial charge in [-0.3, -0.25) is 9.89 Å². The van der Waals surface area contributed by atoms with Crippen LogP contribution >= 0.6 is 11.3 Å². The average Bonchev–Trinajstić information content (AvgIpc) is 3.37. The molecule has 3 rings (SSSR count). The van der Waals surface area contributed by atoms with Gasteiger partial charge in [0.25, 0.3) is 0 Å². The highest BCUT2D eigenvalue weighted by atomic mass is 32.1. The van der Waals surface area contributed by atoms with Crippen LogP contribution in [0.5, 0.6) is 0 Å². The second kappa shape index (κ2) is 10.4. The molecule has 0 spiro atoms. The molecule has 1 atom stereocenters. The molecule has 0 aliphatic carbocycles. The molecule has 2 N–H and O–H groups in total. The first-order valence-corrected chi connectivity index (χ1v) is 10.2. The summed E-state index contributed by atoms with van der Waals surface area (Å²) in [5.74, 6) is 0.884. The molecule has 2 aromatic heterocycles. The molecule has 0 radical (unpaired) electrons. The first kappa shape index (κ1) is 18.9. The van der Waals surface area contributed by atoms with Gasteiger partial charge in [-0.2, -0.15) is 0 Å². The number of hydrogen-bond donors (Lipinski definition) is 2. The Morgan fingerprint density at radius 1 is 1.23 bits per heavy atom. The van der Waals surface area contributed by atoms with E-state index >= 15 is 0 Å². The van der Waals surface area contributed by atoms with Crippen molar-refractivity contribution in [3.05, 3.63) is 46.9 Å². The minimum absolute atomic E-state index is 0.318. The van der Waals surface area contributed by atoms with Crippen molar-refractivity contribution in [2.24, 2.45) is 4.99 Å². The number of guanidine groups is 1. The highest BCUT2D eigenvalue weighted by Gasteiger charge is 2.23. The van der Waals surface area contributed by atoms with Crippen molar-refractivity contribution in [2.75, 3.05) is 45.9 Å². The van der Waals surface area contributed by atoms with Crippen LogP contribution < -0.4 is 10.6 Å². The smallest absolute Gasteiger partial charge is 0.191 e. The van der Waals surface area contributed by atoms with Gasteiger partial charge in [0.1, 0.15) is 0 Å². The Morgan fingerprint density at radius 3 is 2.73 bits per heavy atom. The maximum absolute atomic E-state index is 5.52. The molecule has 142 valence electrons. The minimum atomic E-state index is 0.318. The van der Waals surface area contributed by atoms with Gasteiger partial charge in [-0.15, -0.1) is 11.3 Å². The second-order valence-corrected chi connectivity index (χ2v) is 7.23. The molecule has 1 aliphatic heterocycles. The summed E-state index contributed by atoms with van der Waals surface area (Å²) in [4.78, 5) is 8.74. The molecule has 0 saturated carbocycles. The lowest BCUT2D eigenvalue weighted by molar-refractivity contribution is 0.0186. The molecule has 6 nitrogen and oxygen atoms in total. The van der Waals surface area contributed by atoms with Crippen LogP contribution in [0.3, 0.4) is 0 Å². The van der Waals surface area contributed by atoms with Crippen LogP contribution in [0.1, 0.15) is 17.8 Å². The Morgan fingerprint density at radius 2 is 2.04 bits per heavy atom. The number of aromatic nitrogens is 1. The molecule has 26 heavy (non-hydrogen) atoms. The molecule has 1 saturated heterocycles. The standard InChI is InChI=1S/C19H29N5OS/c1-2-20-19(21-7-10-23-8-3-4-9-23)22-16-17(18-6-5-15-26-18)24-11-13-25-14-12-24/h3-6,8-9,15,17H,2,7,10-14,16H2,1H3,(H2,20,21,22). The van der Waals surface area contributed by atoms with Gasteiger partial charge >= 0.3 is 0 Å². The largest absolute Gasteiger partial charge is 0.379 e. The van der Waals surface area contributed by atoms with Gasteiger partial charge in [-0.1, -0.05) is 6.07 Å². The lowest BCUT2D eigenvalue weighted by Crippen LogP contribution is -2.42. The zero-order valence-electron chi connectivity index (χ0n) is 15.4. The predicted octanol–water partition coefficient (Wildman–Crippen LogP) is 2.18. The van der Waals surface area contributed by atoms with Crippen molar-refractivity contribution in [1.29, 1.82) is 0 Å². The highest BCUT2D eigenvalue weighted by Crippen LogP contribution is 2.26. The summed E-state index contributed by atoms with van der Waals surface area (Å²) in [6.45, 7) is 9.03. The number of ether oxygens (including phenoxy) is 1. The van der Waals surface area contributed by atoms with Crippen LogP contribution in [-0.4, -0.2) is 61.4 Å². The third-order valence-corrected chi connectivity index (χ3v) is 5.43. The van der Waals surface area contributed by atoms with E-state index in [1.807, 2.05) is 23.5 Å². The van der Waals surface area contributed by atoms with E-state index in [-0.39, 0.29) is 0 Å². The Kier molecular flexibility index (Phi) is 7.54. The quantitative estimate of drug-likeness (QED) is 0.549. The summed E-state index contributed by atoms with van der Waals surface area (Å²) < 4.78 is 7.68. The third-order valence-electron chi connectivity index (χ3n) is 4.45. The van der Waals surface area contributed by atoms with Crippen LogP contribution in [0.15, 0.2) is 47.0 Å². The number of hydrogen-bond acceptors (Lipinski definition) is 4. The number of nitrogens with zero attached hydrogens (tertiary/aromatic N) is 3. The normalized spacial score (nSPS) is 17.2. The molecule has 1 aliphatic rings. The van der Waals surface area contributed by atoms with Crippen LogP contribution in [-0.2, 0) is 11.3 Å². The summed E-state index contributed by atoms with van der Waals surface area (Å²) in [7, 11) is 0. The fraction of sp³-hybridized carbons (Fsp3) is 0.526. The molecular formula is C19H29N5OS. The number of morpholine rings is 1. The van der Waals surface area contributed by atoms with E-state index < -0.39 is 0 Å². The van der Waals surface area contributed by atoms with E-state index in [0.717, 1.165) is 58.4 Å². The fourth-order valence-corrected chi connectivity index (χ4v) is 3.95. The molecule has 3 heterocycles. The molecule has 7 heteroatoms. The average molecular weight is 376 g/mol. The van der Waals surface area contributed by atoms with E-state index in [1.165, 1.54) is 4.88 Å². The van der Waals surface area contributed by atoms with Gasteiger partial charge in [-0.25, -0.2) is 0 Å². The highest BCUT2D eigenvalue weighted by molar-refractivity contribution is 7.10. The van der Waals surface area contributed by atoms with E-state index in [4.69, 9.17) is 9.73 Å². The van der Waals surface area contributed by atoms with E-state index in [9.17, 15) is 0 Å². The maximum atomic E-state index is 5.52. The summed E-state index contributed by atoms with van der Waals surface area (Å²) in [6.07, 6.45) is 4.16. The van der Waals surface area contributed by atoms with Crippen molar-refractivity contribution >= 4 is 17.3 Å². The van der Waals surface area contributed by atoms with E-state index in [1.54, 1.807) is 0 Å². The summed E-state index contributed by atoms with van der Waals surface area (Å²) in [6, 6.07) is 8.75. The number of thiophene rings is 1. The van der Waals surface area contributed by atoms with Gasteiger partial charge in [0.15, 0.2) is 5.96 Å². The summed E-state index contributed by atoms with van der Waals surface area (Å²) in [5, 5.41) is 8.94. The Labute approximate surface area is 159 Å². The van der Waals surface area contributed by atoms with Crippen LogP contribution in [0.4, 0.5) is 0 Å². The van der Waals surface area contributed by atoms with Gasteiger partial charge in [-0.05, 0) is 30.5 Å². The number of nitrogens with one attached hydrogen (secondary N) is 2. The minimum Gasteiger partial charge on any atom is -0.379 e. The molecule has 0 amide bonds. The molecular weight excluding hydrogens is 346 g/mol. The Balaban J connectivity index is 1.60. The molecule has 0 bridgehead atoms. The predicted molar refractivity (Wildman–Crippen MR) is 108 cm³/mol. The van der Waals surface area contributed by atoms with Crippen LogP contribution in [0.25, 0.3) is 0 Å². The molecule has 0 aromatic carbocycles. The Hall–Kier alpha value is -1.83. The van der Waals surface area contributed by atoms with Crippen molar-refractivity contribution in [1.82, 2.24) is 20.1 Å². The van der Waals surface area contributed by atoms with Crippen LogP contribution in [0, 0.1) is 0 Å². The topological polar surface area (TPSA) is 53.8 Å². The second-order valence-electron chi connectivity index (χ2n) is 6.25. The third kappa shape index (κ3) is 5.59. The van der Waals surface area contributed by atoms with E-state index in [2.05, 4.69) is 56.9 Å². The van der Waals surface area contributed by atoms with Gasteiger partial charge in [0.2, 0.25) is 0 Å². The lowest BCUT2D eigenvalue weighted by atomic mass is 10.2. The van der Waals surface area contributed by atoms with Crippen molar-refractivity contribution < 1.29 is 4.74 Å². The lowest BCUT2D eigenvalue weighted by Gasteiger charge is -2.33. The van der Waals surface area contributed by atoms with Crippen LogP contribution in [0.2, 0.25) is 0 Å². The first-order valence-electron chi connectivity index (χ1n) is 9.35. The monoisotopic (exact) mass is 375 g/mol. The van der Waals surface area contributed by atoms with Gasteiger partial charge in [0.05, 0.1) is 25.8 Å². The molecule has 1 fully saturated rings. The number of aliphatic imine (C=N–C) groups is 1. The number of rotatable bonds is 8. The molecule has 1 unspecified atom stereocenters. The summed E-state index contributed by atoms with van der Waals surface area (Å²) in [5.41, 5.74) is 0. The first-order chi connectivity index (χ1) is 12.9. The zero-order valence-corrected chi connectivity index (χ0v) is 16.3.